The maximum absolute atomic E-state index is 13.1. The molecule has 36 heavy (non-hydrogen) atoms. The van der Waals surface area contributed by atoms with E-state index in [-0.39, 0.29) is 17.5 Å². The van der Waals surface area contributed by atoms with Gasteiger partial charge >= 0.3 is 12.0 Å². The number of hydrogen-bond donors (Lipinski definition) is 1. The van der Waals surface area contributed by atoms with Gasteiger partial charge in [0.1, 0.15) is 0 Å². The zero-order chi connectivity index (χ0) is 25.7. The van der Waals surface area contributed by atoms with Crippen molar-refractivity contribution in [1.82, 2.24) is 19.4 Å². The van der Waals surface area contributed by atoms with E-state index < -0.39 is 22.0 Å². The number of hydrogen-bond acceptors (Lipinski definition) is 6. The molecule has 1 saturated heterocycles. The second-order valence-electron chi connectivity index (χ2n) is 8.78. The van der Waals surface area contributed by atoms with Gasteiger partial charge in [0.2, 0.25) is 10.0 Å². The van der Waals surface area contributed by atoms with Crippen LogP contribution in [0, 0.1) is 0 Å². The highest BCUT2D eigenvalue weighted by atomic mass is 32.2. The maximum atomic E-state index is 13.1. The van der Waals surface area contributed by atoms with Crippen LogP contribution in [0.3, 0.4) is 0 Å². The molecule has 0 aromatic heterocycles. The lowest BCUT2D eigenvalue weighted by Crippen LogP contribution is -2.49. The molecule has 192 valence electrons. The molecule has 1 fully saturated rings. The molecule has 2 aromatic carbocycles. The molecule has 2 aliphatic heterocycles. The second-order valence-corrected chi connectivity index (χ2v) is 10.7. The maximum Gasteiger partial charge on any atom is 0.338 e. The number of nitrogens with zero attached hydrogens (tertiary/aromatic N) is 3. The third-order valence-corrected chi connectivity index (χ3v) is 8.42. The number of esters is 1. The summed E-state index contributed by atoms with van der Waals surface area (Å²) in [5, 5.41) is 2.92. The molecule has 0 bridgehead atoms. The van der Waals surface area contributed by atoms with Gasteiger partial charge in [0.15, 0.2) is 0 Å². The van der Waals surface area contributed by atoms with Gasteiger partial charge in [-0.15, -0.1) is 0 Å². The number of carbonyl (C=O) groups excluding carboxylic acids is 2. The number of carbonyl (C=O) groups is 2. The van der Waals surface area contributed by atoms with Gasteiger partial charge in [-0.25, -0.2) is 18.0 Å². The molecule has 0 spiro atoms. The van der Waals surface area contributed by atoms with Crippen LogP contribution in [0.25, 0.3) is 0 Å². The van der Waals surface area contributed by atoms with E-state index in [1.165, 1.54) is 9.21 Å². The van der Waals surface area contributed by atoms with Crippen LogP contribution in [0.15, 0.2) is 76.8 Å². The Hall–Kier alpha value is -3.21. The first-order chi connectivity index (χ1) is 17.3. The van der Waals surface area contributed by atoms with Crippen molar-refractivity contribution in [3.63, 3.8) is 0 Å². The number of amides is 2. The van der Waals surface area contributed by atoms with Crippen molar-refractivity contribution < 1.29 is 22.7 Å². The third kappa shape index (κ3) is 5.45. The summed E-state index contributed by atoms with van der Waals surface area (Å²) in [6.45, 7) is 4.10. The van der Waals surface area contributed by atoms with E-state index in [0.717, 1.165) is 5.56 Å². The van der Waals surface area contributed by atoms with Crippen molar-refractivity contribution in [1.29, 1.82) is 0 Å². The monoisotopic (exact) mass is 512 g/mol. The predicted molar refractivity (Wildman–Crippen MR) is 135 cm³/mol. The molecule has 0 radical (unpaired) electrons. The zero-order valence-electron chi connectivity index (χ0n) is 20.6. The minimum absolute atomic E-state index is 0.213. The topological polar surface area (TPSA) is 99.3 Å². The van der Waals surface area contributed by atoms with E-state index in [1.807, 2.05) is 30.3 Å². The standard InChI is InChI=1S/C26H32N4O5S/c1-3-35-25(31)23-22(28(2)26(32)27-24(23)20-11-6-4-7-12-20)19-29-15-10-16-30(18-17-29)36(33,34)21-13-8-5-9-14-21/h4-9,11-14,24H,3,10,15-19H2,1-2H3,(H,27,32)/t24-/m1/s1. The van der Waals surface area contributed by atoms with Gasteiger partial charge in [-0.2, -0.15) is 4.31 Å². The lowest BCUT2D eigenvalue weighted by molar-refractivity contribution is -0.139. The average Bonchev–Trinajstić information content (AvgIpc) is 3.14. The summed E-state index contributed by atoms with van der Waals surface area (Å²) in [7, 11) is -1.96. The Balaban J connectivity index is 1.61. The van der Waals surface area contributed by atoms with E-state index in [0.29, 0.717) is 50.4 Å². The zero-order valence-corrected chi connectivity index (χ0v) is 21.4. The van der Waals surface area contributed by atoms with Gasteiger partial charge in [-0.05, 0) is 37.6 Å². The summed E-state index contributed by atoms with van der Waals surface area (Å²) in [5.41, 5.74) is 1.74. The third-order valence-electron chi connectivity index (χ3n) is 6.51. The van der Waals surface area contributed by atoms with Gasteiger partial charge in [0.05, 0.1) is 23.1 Å². The molecule has 4 rings (SSSR count). The summed E-state index contributed by atoms with van der Waals surface area (Å²) in [4.78, 5) is 29.8. The first-order valence-electron chi connectivity index (χ1n) is 12.1. The van der Waals surface area contributed by atoms with Crippen LogP contribution in [0.2, 0.25) is 0 Å². The summed E-state index contributed by atoms with van der Waals surface area (Å²) in [6, 6.07) is 16.8. The average molecular weight is 513 g/mol. The Morgan fingerprint density at radius 3 is 2.33 bits per heavy atom. The summed E-state index contributed by atoms with van der Waals surface area (Å²) in [6.07, 6.45) is 0.631. The number of likely N-dealkylation sites (N-methyl/N-ethyl adjacent to an activating group) is 1. The summed E-state index contributed by atoms with van der Waals surface area (Å²) in [5.74, 6) is -0.476. The smallest absolute Gasteiger partial charge is 0.338 e. The van der Waals surface area contributed by atoms with Crippen LogP contribution in [-0.4, -0.2) is 80.9 Å². The molecular formula is C26H32N4O5S. The van der Waals surface area contributed by atoms with Crippen molar-refractivity contribution in [3.05, 3.63) is 77.5 Å². The van der Waals surface area contributed by atoms with E-state index in [9.17, 15) is 18.0 Å². The molecule has 2 amide bonds. The van der Waals surface area contributed by atoms with E-state index in [2.05, 4.69) is 10.2 Å². The summed E-state index contributed by atoms with van der Waals surface area (Å²) >= 11 is 0. The minimum atomic E-state index is -3.59. The van der Waals surface area contributed by atoms with Gasteiger partial charge in [-0.1, -0.05) is 48.5 Å². The van der Waals surface area contributed by atoms with E-state index >= 15 is 0 Å². The number of sulfonamides is 1. The minimum Gasteiger partial charge on any atom is -0.463 e. The fraction of sp³-hybridized carbons (Fsp3) is 0.385. The molecule has 0 unspecified atom stereocenters. The van der Waals surface area contributed by atoms with Gasteiger partial charge in [0, 0.05) is 38.9 Å². The molecule has 10 heteroatoms. The number of urea groups is 1. The highest BCUT2D eigenvalue weighted by Crippen LogP contribution is 2.31. The summed E-state index contributed by atoms with van der Waals surface area (Å²) < 4.78 is 33.1. The molecular weight excluding hydrogens is 480 g/mol. The fourth-order valence-corrected chi connectivity index (χ4v) is 6.08. The molecule has 1 atom stereocenters. The highest BCUT2D eigenvalue weighted by molar-refractivity contribution is 7.89. The van der Waals surface area contributed by atoms with Crippen molar-refractivity contribution in [3.8, 4) is 0 Å². The molecule has 0 aliphatic carbocycles. The number of rotatable bonds is 7. The first kappa shape index (κ1) is 25.9. The first-order valence-corrected chi connectivity index (χ1v) is 13.5. The quantitative estimate of drug-likeness (QED) is 0.573. The lowest BCUT2D eigenvalue weighted by Gasteiger charge is -2.36. The van der Waals surface area contributed by atoms with Crippen LogP contribution in [-0.2, 0) is 19.6 Å². The van der Waals surface area contributed by atoms with Crippen LogP contribution in [0.5, 0.6) is 0 Å². The van der Waals surface area contributed by atoms with Crippen LogP contribution < -0.4 is 5.32 Å². The van der Waals surface area contributed by atoms with Crippen molar-refractivity contribution >= 4 is 22.0 Å². The number of nitrogens with one attached hydrogen (secondary N) is 1. The second kappa shape index (κ2) is 11.2. The van der Waals surface area contributed by atoms with Gasteiger partial charge in [0.25, 0.3) is 0 Å². The number of benzene rings is 2. The van der Waals surface area contributed by atoms with Crippen LogP contribution in [0.1, 0.15) is 24.9 Å². The number of ether oxygens (including phenoxy) is 1. The molecule has 2 aliphatic rings. The largest absolute Gasteiger partial charge is 0.463 e. The lowest BCUT2D eigenvalue weighted by atomic mass is 9.94. The van der Waals surface area contributed by atoms with Crippen LogP contribution in [0.4, 0.5) is 4.79 Å². The van der Waals surface area contributed by atoms with Crippen molar-refractivity contribution in [2.45, 2.75) is 24.3 Å². The highest BCUT2D eigenvalue weighted by Gasteiger charge is 2.37. The molecule has 0 saturated carbocycles. The molecule has 9 nitrogen and oxygen atoms in total. The van der Waals surface area contributed by atoms with E-state index in [4.69, 9.17) is 4.74 Å². The fourth-order valence-electron chi connectivity index (χ4n) is 4.59. The Morgan fingerprint density at radius 1 is 1.00 bits per heavy atom. The van der Waals surface area contributed by atoms with E-state index in [1.54, 1.807) is 44.3 Å². The normalized spacial score (nSPS) is 20.1. The SMILES string of the molecule is CCOC(=O)C1=C(CN2CCCN(S(=O)(=O)c3ccccc3)CC2)N(C)C(=O)N[C@@H]1c1ccccc1. The van der Waals surface area contributed by atoms with Gasteiger partial charge < -0.3 is 10.1 Å². The molecule has 1 N–H and O–H groups in total. The van der Waals surface area contributed by atoms with Crippen molar-refractivity contribution in [2.24, 2.45) is 0 Å². The van der Waals surface area contributed by atoms with Gasteiger partial charge in [-0.3, -0.25) is 9.80 Å². The molecule has 2 aromatic rings. The Kier molecular flexibility index (Phi) is 8.07. The van der Waals surface area contributed by atoms with Crippen LogP contribution >= 0.6 is 0 Å². The predicted octanol–water partition coefficient (Wildman–Crippen LogP) is 2.60. The molecule has 2 heterocycles. The Bertz CT molecular complexity index is 1220. The Labute approximate surface area is 212 Å². The Morgan fingerprint density at radius 2 is 1.67 bits per heavy atom. The van der Waals surface area contributed by atoms with Crippen molar-refractivity contribution in [2.75, 3.05) is 46.4 Å².